The Balaban J connectivity index is 1.29. The van der Waals surface area contributed by atoms with Gasteiger partial charge in [0.25, 0.3) is 0 Å². The quantitative estimate of drug-likeness (QED) is 0.316. The number of rotatable bonds is 9. The molecule has 6 rings (SSSR count). The molecular weight excluding hydrogens is 490 g/mol. The second kappa shape index (κ2) is 12.2. The molecule has 2 bridgehead atoms. The van der Waals surface area contributed by atoms with Crippen LogP contribution < -0.4 is 10.2 Å². The first-order chi connectivity index (χ1) is 19.0. The highest BCUT2D eigenvalue weighted by Crippen LogP contribution is 2.43. The lowest BCUT2D eigenvalue weighted by Gasteiger charge is -2.53. The van der Waals surface area contributed by atoms with Gasteiger partial charge in [-0.05, 0) is 48.4 Å². The van der Waals surface area contributed by atoms with E-state index in [-0.39, 0.29) is 12.1 Å². The fourth-order valence-electron chi connectivity index (χ4n) is 5.66. The molecule has 7 heteroatoms. The molecule has 39 heavy (non-hydrogen) atoms. The van der Waals surface area contributed by atoms with Gasteiger partial charge in [-0.2, -0.15) is 0 Å². The summed E-state index contributed by atoms with van der Waals surface area (Å²) in [5.74, 6) is 0. The maximum Gasteiger partial charge on any atom is 0.412 e. The summed E-state index contributed by atoms with van der Waals surface area (Å²) in [6.45, 7) is 3.49. The van der Waals surface area contributed by atoms with Gasteiger partial charge in [-0.25, -0.2) is 9.59 Å². The van der Waals surface area contributed by atoms with E-state index < -0.39 is 12.2 Å². The van der Waals surface area contributed by atoms with Crippen molar-refractivity contribution >= 4 is 23.9 Å². The van der Waals surface area contributed by atoms with Crippen LogP contribution in [-0.2, 0) is 11.3 Å². The standard InChI is InChI=1S/C32H35N3O4/c36-30(39-24-26-10-3-1-4-11-26)33-19-8-7-9-25-14-15-28(27-12-5-2-6-13-27)29(23-25)35(31(37)38)32-16-20-34(21-17-32)22-18-32/h1-7,9-15,23H,8,16-22,24H2,(H,33,36)(H,37,38). The lowest BCUT2D eigenvalue weighted by molar-refractivity contribution is 0.0783. The van der Waals surface area contributed by atoms with Crippen molar-refractivity contribution in [1.82, 2.24) is 10.2 Å². The maximum absolute atomic E-state index is 12.8. The number of carboxylic acid groups (broad SMARTS) is 1. The number of hydrogen-bond acceptors (Lipinski definition) is 4. The van der Waals surface area contributed by atoms with Crippen LogP contribution in [-0.4, -0.2) is 53.9 Å². The van der Waals surface area contributed by atoms with Gasteiger partial charge in [0.2, 0.25) is 0 Å². The molecule has 3 aromatic rings. The Hall–Kier alpha value is -4.10. The summed E-state index contributed by atoms with van der Waals surface area (Å²) in [7, 11) is 0. The summed E-state index contributed by atoms with van der Waals surface area (Å²) in [5.41, 5.74) is 4.13. The fraction of sp³-hybridized carbons (Fsp3) is 0.312. The Morgan fingerprint density at radius 3 is 2.28 bits per heavy atom. The summed E-state index contributed by atoms with van der Waals surface area (Å²) in [6.07, 6.45) is 5.79. The first-order valence-electron chi connectivity index (χ1n) is 13.6. The highest BCUT2D eigenvalue weighted by atomic mass is 16.5. The summed E-state index contributed by atoms with van der Waals surface area (Å²) in [6, 6.07) is 25.6. The van der Waals surface area contributed by atoms with E-state index in [2.05, 4.69) is 10.2 Å². The highest BCUT2D eigenvalue weighted by molar-refractivity contribution is 5.95. The molecule has 2 amide bonds. The van der Waals surface area contributed by atoms with E-state index in [1.165, 1.54) is 0 Å². The third kappa shape index (κ3) is 6.32. The number of benzene rings is 3. The average molecular weight is 526 g/mol. The van der Waals surface area contributed by atoms with Gasteiger partial charge in [0.05, 0.1) is 11.2 Å². The van der Waals surface area contributed by atoms with Crippen LogP contribution in [0.15, 0.2) is 84.9 Å². The molecule has 3 heterocycles. The number of carbonyl (C=O) groups excluding carboxylic acids is 1. The number of hydrogen-bond donors (Lipinski definition) is 2. The van der Waals surface area contributed by atoms with E-state index in [1.807, 2.05) is 91.0 Å². The van der Waals surface area contributed by atoms with Crippen LogP contribution >= 0.6 is 0 Å². The Labute approximate surface area is 229 Å². The third-order valence-electron chi connectivity index (χ3n) is 7.80. The van der Waals surface area contributed by atoms with E-state index in [9.17, 15) is 14.7 Å². The van der Waals surface area contributed by atoms with Crippen LogP contribution in [0.4, 0.5) is 15.3 Å². The molecule has 0 radical (unpaired) electrons. The Morgan fingerprint density at radius 1 is 0.949 bits per heavy atom. The molecule has 0 saturated carbocycles. The third-order valence-corrected chi connectivity index (χ3v) is 7.80. The number of nitrogens with one attached hydrogen (secondary N) is 1. The van der Waals surface area contributed by atoms with Crippen LogP contribution in [0.5, 0.6) is 0 Å². The second-order valence-electron chi connectivity index (χ2n) is 10.3. The minimum absolute atomic E-state index is 0.235. The zero-order valence-electron chi connectivity index (χ0n) is 22.1. The average Bonchev–Trinajstić information content (AvgIpc) is 2.98. The lowest BCUT2D eigenvalue weighted by atomic mass is 9.78. The van der Waals surface area contributed by atoms with E-state index in [0.29, 0.717) is 13.0 Å². The van der Waals surface area contributed by atoms with E-state index >= 15 is 0 Å². The molecule has 0 atom stereocenters. The highest BCUT2D eigenvalue weighted by Gasteiger charge is 2.47. The molecule has 3 aliphatic rings. The van der Waals surface area contributed by atoms with Crippen molar-refractivity contribution in [2.24, 2.45) is 0 Å². The largest absolute Gasteiger partial charge is 0.465 e. The van der Waals surface area contributed by atoms with Gasteiger partial charge in [0.15, 0.2) is 0 Å². The molecule has 3 saturated heterocycles. The van der Waals surface area contributed by atoms with Crippen molar-refractivity contribution < 1.29 is 19.4 Å². The lowest BCUT2D eigenvalue weighted by Crippen LogP contribution is -2.62. The van der Waals surface area contributed by atoms with E-state index in [0.717, 1.165) is 66.8 Å². The molecule has 2 N–H and O–H groups in total. The number of piperidine rings is 3. The molecule has 0 aromatic heterocycles. The molecule has 0 spiro atoms. The van der Waals surface area contributed by atoms with Crippen LogP contribution in [0.1, 0.15) is 36.8 Å². The Kier molecular flexibility index (Phi) is 8.27. The van der Waals surface area contributed by atoms with E-state index in [4.69, 9.17) is 4.74 Å². The van der Waals surface area contributed by atoms with Crippen molar-refractivity contribution in [2.45, 2.75) is 37.8 Å². The number of nitrogens with zero attached hydrogens (tertiary/aromatic N) is 2. The summed E-state index contributed by atoms with van der Waals surface area (Å²) in [4.78, 5) is 28.9. The SMILES string of the molecule is O=C(NCCC=Cc1ccc(-c2ccccc2)c(N(C(=O)O)C23CCN(CC2)CC3)c1)OCc1ccccc1. The molecule has 0 aliphatic carbocycles. The summed E-state index contributed by atoms with van der Waals surface area (Å²) < 4.78 is 5.26. The molecule has 202 valence electrons. The maximum atomic E-state index is 12.8. The number of fused-ring (bicyclic) bond motifs is 3. The number of carbonyl (C=O) groups is 2. The van der Waals surface area contributed by atoms with Crippen LogP contribution in [0.2, 0.25) is 0 Å². The summed E-state index contributed by atoms with van der Waals surface area (Å²) in [5, 5.41) is 13.3. The van der Waals surface area contributed by atoms with Gasteiger partial charge in [-0.15, -0.1) is 0 Å². The monoisotopic (exact) mass is 525 g/mol. The second-order valence-corrected chi connectivity index (χ2v) is 10.3. The van der Waals surface area contributed by atoms with Gasteiger partial charge >= 0.3 is 12.2 Å². The van der Waals surface area contributed by atoms with Crippen molar-refractivity contribution in [3.05, 3.63) is 96.1 Å². The Bertz CT molecular complexity index is 1290. The van der Waals surface area contributed by atoms with Crippen molar-refractivity contribution in [2.75, 3.05) is 31.1 Å². The number of amides is 2. The van der Waals surface area contributed by atoms with Crippen LogP contribution in [0, 0.1) is 0 Å². The predicted molar refractivity (Wildman–Crippen MR) is 154 cm³/mol. The molecule has 3 aromatic carbocycles. The predicted octanol–water partition coefficient (Wildman–Crippen LogP) is 6.41. The zero-order chi connectivity index (χ0) is 27.1. The first kappa shape index (κ1) is 26.5. The van der Waals surface area contributed by atoms with Crippen LogP contribution in [0.3, 0.4) is 0 Å². The number of alkyl carbamates (subject to hydrolysis) is 1. The molecule has 3 aliphatic heterocycles. The van der Waals surface area contributed by atoms with Gasteiger partial charge in [-0.3, -0.25) is 4.90 Å². The van der Waals surface area contributed by atoms with Crippen molar-refractivity contribution in [1.29, 1.82) is 0 Å². The van der Waals surface area contributed by atoms with Gasteiger partial charge in [0.1, 0.15) is 6.61 Å². The number of ether oxygens (including phenoxy) is 1. The molecule has 7 nitrogen and oxygen atoms in total. The van der Waals surface area contributed by atoms with Gasteiger partial charge < -0.3 is 20.1 Å². The minimum atomic E-state index is -0.901. The van der Waals surface area contributed by atoms with Crippen molar-refractivity contribution in [3.63, 3.8) is 0 Å². The zero-order valence-corrected chi connectivity index (χ0v) is 22.1. The van der Waals surface area contributed by atoms with Gasteiger partial charge in [0, 0.05) is 31.7 Å². The summed E-state index contributed by atoms with van der Waals surface area (Å²) >= 11 is 0. The smallest absolute Gasteiger partial charge is 0.412 e. The fourth-order valence-corrected chi connectivity index (χ4v) is 5.66. The number of anilines is 1. The first-order valence-corrected chi connectivity index (χ1v) is 13.6. The van der Waals surface area contributed by atoms with Crippen molar-refractivity contribution in [3.8, 4) is 11.1 Å². The van der Waals surface area contributed by atoms with Gasteiger partial charge in [-0.1, -0.05) is 84.9 Å². The normalized spacial score (nSPS) is 20.1. The van der Waals surface area contributed by atoms with E-state index in [1.54, 1.807) is 4.90 Å². The van der Waals surface area contributed by atoms with Crippen LogP contribution in [0.25, 0.3) is 17.2 Å². The topological polar surface area (TPSA) is 82.1 Å². The minimum Gasteiger partial charge on any atom is -0.465 e. The molecular formula is C32H35N3O4. The Morgan fingerprint density at radius 2 is 1.62 bits per heavy atom. The molecule has 3 fully saturated rings. The molecule has 0 unspecified atom stereocenters.